The molecule has 0 amide bonds. The van der Waals surface area contributed by atoms with Gasteiger partial charge in [0.05, 0.1) is 23.6 Å². The second kappa shape index (κ2) is 8.96. The Bertz CT molecular complexity index is 910. The summed E-state index contributed by atoms with van der Waals surface area (Å²) in [6.07, 6.45) is 4.67. The molecule has 3 aromatic rings. The maximum atomic E-state index is 13.0. The highest BCUT2D eigenvalue weighted by Gasteiger charge is 2.12. The normalized spacial score (nSPS) is 11.3. The summed E-state index contributed by atoms with van der Waals surface area (Å²) in [4.78, 5) is 21.9. The number of rotatable bonds is 8. The number of hydrogen-bond acceptors (Lipinski definition) is 5. The van der Waals surface area contributed by atoms with Gasteiger partial charge in [-0.1, -0.05) is 30.0 Å². The van der Waals surface area contributed by atoms with Gasteiger partial charge in [-0.2, -0.15) is 0 Å². The fraction of sp³-hybridized carbons (Fsp3) is 0.350. The van der Waals surface area contributed by atoms with E-state index in [0.29, 0.717) is 18.5 Å². The average molecular weight is 369 g/mol. The van der Waals surface area contributed by atoms with Crippen LogP contribution in [-0.2, 0) is 11.3 Å². The summed E-state index contributed by atoms with van der Waals surface area (Å²) < 4.78 is 7.33. The molecule has 136 valence electrons. The number of aromatic nitrogens is 3. The Hall–Kier alpha value is -2.18. The number of thioether (sulfide) groups is 1. The zero-order chi connectivity index (χ0) is 18.4. The van der Waals surface area contributed by atoms with Crippen LogP contribution in [0.25, 0.3) is 10.9 Å². The molecular formula is C20H23N3O2S. The fourth-order valence-electron chi connectivity index (χ4n) is 2.61. The van der Waals surface area contributed by atoms with Crippen LogP contribution in [0.4, 0.5) is 0 Å². The van der Waals surface area contributed by atoms with E-state index in [-0.39, 0.29) is 11.7 Å². The van der Waals surface area contributed by atoms with Crippen LogP contribution in [0.2, 0.25) is 0 Å². The summed E-state index contributed by atoms with van der Waals surface area (Å²) in [6.45, 7) is 5.24. The van der Waals surface area contributed by atoms with E-state index in [1.807, 2.05) is 50.2 Å². The Morgan fingerprint density at radius 1 is 1.19 bits per heavy atom. The van der Waals surface area contributed by atoms with Gasteiger partial charge in [-0.05, 0) is 44.0 Å². The third-order valence-electron chi connectivity index (χ3n) is 3.86. The van der Waals surface area contributed by atoms with Gasteiger partial charge in [0, 0.05) is 24.8 Å². The van der Waals surface area contributed by atoms with Crippen LogP contribution in [-0.4, -0.2) is 33.0 Å². The van der Waals surface area contributed by atoms with Crippen LogP contribution >= 0.6 is 11.8 Å². The van der Waals surface area contributed by atoms with Crippen molar-refractivity contribution in [2.24, 2.45) is 0 Å². The van der Waals surface area contributed by atoms with Crippen molar-refractivity contribution >= 4 is 22.7 Å². The fourth-order valence-corrected chi connectivity index (χ4v) is 3.52. The van der Waals surface area contributed by atoms with Crippen LogP contribution in [0.1, 0.15) is 25.8 Å². The lowest BCUT2D eigenvalue weighted by Crippen LogP contribution is -2.24. The van der Waals surface area contributed by atoms with E-state index in [1.54, 1.807) is 28.7 Å². The molecule has 0 fully saturated rings. The van der Waals surface area contributed by atoms with Crippen molar-refractivity contribution in [1.82, 2.24) is 14.5 Å². The number of pyridine rings is 1. The maximum Gasteiger partial charge on any atom is 0.262 e. The molecule has 0 bridgehead atoms. The first-order valence-electron chi connectivity index (χ1n) is 8.78. The highest BCUT2D eigenvalue weighted by atomic mass is 32.2. The van der Waals surface area contributed by atoms with Gasteiger partial charge < -0.3 is 4.74 Å². The Kier molecular flexibility index (Phi) is 6.41. The van der Waals surface area contributed by atoms with E-state index < -0.39 is 0 Å². The zero-order valence-electron chi connectivity index (χ0n) is 15.1. The van der Waals surface area contributed by atoms with Gasteiger partial charge in [0.15, 0.2) is 5.16 Å². The molecular weight excluding hydrogens is 346 g/mol. The molecule has 0 N–H and O–H groups in total. The van der Waals surface area contributed by atoms with E-state index in [2.05, 4.69) is 4.98 Å². The molecule has 2 heterocycles. The lowest BCUT2D eigenvalue weighted by molar-refractivity contribution is 0.0799. The van der Waals surface area contributed by atoms with Gasteiger partial charge in [-0.25, -0.2) is 4.98 Å². The topological polar surface area (TPSA) is 57.0 Å². The molecule has 0 aliphatic heterocycles. The molecule has 2 aromatic heterocycles. The molecule has 0 atom stereocenters. The molecule has 26 heavy (non-hydrogen) atoms. The Balaban J connectivity index is 1.86. The van der Waals surface area contributed by atoms with E-state index in [4.69, 9.17) is 9.72 Å². The standard InChI is InChI=1S/C20H23N3O2S/c1-15(2)25-11-6-12-26-20-22-18-9-4-3-8-17(18)19(24)23(20)14-16-7-5-10-21-13-16/h3-5,7-10,13,15H,6,11-12,14H2,1-2H3. The van der Waals surface area contributed by atoms with Gasteiger partial charge >= 0.3 is 0 Å². The second-order valence-corrected chi connectivity index (χ2v) is 7.35. The Morgan fingerprint density at radius 2 is 2.04 bits per heavy atom. The molecule has 0 radical (unpaired) electrons. The van der Waals surface area contributed by atoms with E-state index in [1.165, 1.54) is 0 Å². The van der Waals surface area contributed by atoms with E-state index >= 15 is 0 Å². The molecule has 0 saturated carbocycles. The lowest BCUT2D eigenvalue weighted by atomic mass is 10.2. The Labute approximate surface area is 157 Å². The second-order valence-electron chi connectivity index (χ2n) is 6.29. The van der Waals surface area contributed by atoms with Gasteiger partial charge in [0.2, 0.25) is 0 Å². The molecule has 6 heteroatoms. The smallest absolute Gasteiger partial charge is 0.262 e. The van der Waals surface area contributed by atoms with Crippen molar-refractivity contribution in [3.05, 3.63) is 64.7 Å². The number of hydrogen-bond donors (Lipinski definition) is 0. The summed E-state index contributed by atoms with van der Waals surface area (Å²) in [5.74, 6) is 0.852. The van der Waals surface area contributed by atoms with Crippen molar-refractivity contribution in [2.45, 2.75) is 38.1 Å². The number of ether oxygens (including phenoxy) is 1. The van der Waals surface area contributed by atoms with Gasteiger partial charge in [0.1, 0.15) is 0 Å². The molecule has 0 aliphatic carbocycles. The largest absolute Gasteiger partial charge is 0.379 e. The van der Waals surface area contributed by atoms with Crippen LogP contribution in [0, 0.1) is 0 Å². The lowest BCUT2D eigenvalue weighted by Gasteiger charge is -2.13. The molecule has 0 unspecified atom stereocenters. The molecule has 1 aromatic carbocycles. The van der Waals surface area contributed by atoms with Crippen molar-refractivity contribution in [3.8, 4) is 0 Å². The molecule has 3 rings (SSSR count). The average Bonchev–Trinajstić information content (AvgIpc) is 2.65. The quantitative estimate of drug-likeness (QED) is 0.344. The van der Waals surface area contributed by atoms with Crippen molar-refractivity contribution < 1.29 is 4.74 Å². The third kappa shape index (κ3) is 4.71. The van der Waals surface area contributed by atoms with Crippen molar-refractivity contribution in [2.75, 3.05) is 12.4 Å². The Morgan fingerprint density at radius 3 is 2.81 bits per heavy atom. The summed E-state index contributed by atoms with van der Waals surface area (Å²) in [6, 6.07) is 11.3. The van der Waals surface area contributed by atoms with Gasteiger partial charge in [-0.15, -0.1) is 0 Å². The highest BCUT2D eigenvalue weighted by molar-refractivity contribution is 7.99. The predicted molar refractivity (Wildman–Crippen MR) is 106 cm³/mol. The van der Waals surface area contributed by atoms with Crippen LogP contribution < -0.4 is 5.56 Å². The van der Waals surface area contributed by atoms with Gasteiger partial charge in [-0.3, -0.25) is 14.3 Å². The molecule has 0 spiro atoms. The van der Waals surface area contributed by atoms with Crippen molar-refractivity contribution in [3.63, 3.8) is 0 Å². The summed E-state index contributed by atoms with van der Waals surface area (Å²) in [5.41, 5.74) is 1.71. The zero-order valence-corrected chi connectivity index (χ0v) is 15.9. The van der Waals surface area contributed by atoms with Gasteiger partial charge in [0.25, 0.3) is 5.56 Å². The van der Waals surface area contributed by atoms with E-state index in [9.17, 15) is 4.79 Å². The highest BCUT2D eigenvalue weighted by Crippen LogP contribution is 2.19. The first-order valence-corrected chi connectivity index (χ1v) is 9.76. The molecule has 0 aliphatic rings. The number of nitrogens with zero attached hydrogens (tertiary/aromatic N) is 3. The van der Waals surface area contributed by atoms with Crippen LogP contribution in [0.15, 0.2) is 58.7 Å². The summed E-state index contributed by atoms with van der Waals surface area (Å²) in [7, 11) is 0. The van der Waals surface area contributed by atoms with Crippen molar-refractivity contribution in [1.29, 1.82) is 0 Å². The number of para-hydroxylation sites is 1. The van der Waals surface area contributed by atoms with Crippen LogP contribution in [0.5, 0.6) is 0 Å². The minimum Gasteiger partial charge on any atom is -0.379 e. The summed E-state index contributed by atoms with van der Waals surface area (Å²) in [5, 5.41) is 1.38. The first-order chi connectivity index (χ1) is 12.6. The first kappa shape index (κ1) is 18.6. The van der Waals surface area contributed by atoms with E-state index in [0.717, 1.165) is 28.4 Å². The maximum absolute atomic E-state index is 13.0. The SMILES string of the molecule is CC(C)OCCCSc1nc2ccccc2c(=O)n1Cc1cccnc1. The monoisotopic (exact) mass is 369 g/mol. The molecule has 0 saturated heterocycles. The molecule has 5 nitrogen and oxygen atoms in total. The number of fused-ring (bicyclic) bond motifs is 1. The third-order valence-corrected chi connectivity index (χ3v) is 4.92. The van der Waals surface area contributed by atoms with Crippen LogP contribution in [0.3, 0.4) is 0 Å². The predicted octanol–water partition coefficient (Wildman–Crippen LogP) is 3.75. The summed E-state index contributed by atoms with van der Waals surface area (Å²) >= 11 is 1.60. The number of benzene rings is 1. The minimum absolute atomic E-state index is 0.0135. The minimum atomic E-state index is -0.0135.